The van der Waals surface area contributed by atoms with Crippen molar-refractivity contribution in [3.63, 3.8) is 0 Å². The fourth-order valence-electron chi connectivity index (χ4n) is 1.45. The molecule has 0 radical (unpaired) electrons. The summed E-state index contributed by atoms with van der Waals surface area (Å²) in [4.78, 5) is 30.7. The third kappa shape index (κ3) is 4.14. The predicted molar refractivity (Wildman–Crippen MR) is 70.0 cm³/mol. The lowest BCUT2D eigenvalue weighted by Crippen LogP contribution is -2.14. The highest BCUT2D eigenvalue weighted by Gasteiger charge is 2.09. The molecule has 0 unspecified atom stereocenters. The number of amides is 1. The second-order valence-corrected chi connectivity index (χ2v) is 4.90. The Morgan fingerprint density at radius 1 is 1.32 bits per heavy atom. The molecule has 6 nitrogen and oxygen atoms in total. The minimum absolute atomic E-state index is 0.0872. The number of nitrogens with one attached hydrogen (secondary N) is 1. The largest absolute Gasteiger partial charge is 0.481 e. The highest BCUT2D eigenvalue weighted by Crippen LogP contribution is 2.18. The van der Waals surface area contributed by atoms with Crippen molar-refractivity contribution >= 4 is 28.3 Å². The summed E-state index contributed by atoms with van der Waals surface area (Å²) >= 11 is 1.16. The molecule has 0 spiro atoms. The molecule has 0 atom stereocenters. The molecular formula is C12H11N3O3S. The van der Waals surface area contributed by atoms with E-state index in [1.807, 2.05) is 6.07 Å². The number of aliphatic carboxylic acids is 1. The van der Waals surface area contributed by atoms with Crippen LogP contribution in [0.25, 0.3) is 0 Å². The van der Waals surface area contributed by atoms with E-state index < -0.39 is 5.97 Å². The molecule has 2 aromatic rings. The van der Waals surface area contributed by atoms with Crippen LogP contribution in [0.5, 0.6) is 0 Å². The number of carboxylic acids is 1. The normalized spacial score (nSPS) is 10.1. The molecule has 0 bridgehead atoms. The van der Waals surface area contributed by atoms with Gasteiger partial charge in [-0.05, 0) is 11.6 Å². The zero-order chi connectivity index (χ0) is 13.7. The van der Waals surface area contributed by atoms with Gasteiger partial charge in [0.1, 0.15) is 0 Å². The maximum absolute atomic E-state index is 11.7. The molecule has 2 heterocycles. The summed E-state index contributed by atoms with van der Waals surface area (Å²) in [5, 5.41) is 11.7. The van der Waals surface area contributed by atoms with E-state index in [0.717, 1.165) is 16.9 Å². The molecular weight excluding hydrogens is 266 g/mol. The molecule has 7 heteroatoms. The molecule has 2 aromatic heterocycles. The average Bonchev–Trinajstić information content (AvgIpc) is 2.76. The summed E-state index contributed by atoms with van der Waals surface area (Å²) < 4.78 is 0. The van der Waals surface area contributed by atoms with Crippen LogP contribution in [0.3, 0.4) is 0 Å². The van der Waals surface area contributed by atoms with Crippen LogP contribution >= 0.6 is 11.3 Å². The van der Waals surface area contributed by atoms with E-state index in [-0.39, 0.29) is 18.7 Å². The molecule has 0 aliphatic rings. The van der Waals surface area contributed by atoms with E-state index in [1.54, 1.807) is 18.5 Å². The van der Waals surface area contributed by atoms with Gasteiger partial charge in [0.2, 0.25) is 5.91 Å². The first-order valence-electron chi connectivity index (χ1n) is 5.49. The van der Waals surface area contributed by atoms with E-state index >= 15 is 0 Å². The molecule has 0 aliphatic carbocycles. The molecule has 0 aromatic carbocycles. The fraction of sp³-hybridized carbons (Fsp3) is 0.167. The predicted octanol–water partition coefficient (Wildman–Crippen LogP) is 1.35. The van der Waals surface area contributed by atoms with Gasteiger partial charge >= 0.3 is 5.97 Å². The van der Waals surface area contributed by atoms with Crippen LogP contribution in [-0.2, 0) is 22.4 Å². The Hall–Kier alpha value is -2.28. The number of carbonyl (C=O) groups is 2. The summed E-state index contributed by atoms with van der Waals surface area (Å²) in [7, 11) is 0. The minimum atomic E-state index is -0.920. The van der Waals surface area contributed by atoms with Gasteiger partial charge in [-0.25, -0.2) is 4.98 Å². The Morgan fingerprint density at radius 2 is 2.16 bits per heavy atom. The number of aromatic nitrogens is 2. The number of rotatable bonds is 5. The van der Waals surface area contributed by atoms with Gasteiger partial charge in [-0.3, -0.25) is 14.6 Å². The van der Waals surface area contributed by atoms with Crippen LogP contribution in [0.4, 0.5) is 5.13 Å². The lowest BCUT2D eigenvalue weighted by molar-refractivity contribution is -0.136. The zero-order valence-electron chi connectivity index (χ0n) is 9.87. The van der Waals surface area contributed by atoms with Gasteiger partial charge in [0.15, 0.2) is 5.13 Å². The van der Waals surface area contributed by atoms with Crippen LogP contribution in [0.15, 0.2) is 30.7 Å². The van der Waals surface area contributed by atoms with Crippen LogP contribution in [0.2, 0.25) is 0 Å². The molecule has 0 saturated carbocycles. The molecule has 19 heavy (non-hydrogen) atoms. The standard InChI is InChI=1S/C12H11N3O3S/c16-10(4-8-2-1-3-13-6-8)15-12-14-7-9(19-12)5-11(17)18/h1-3,6-7H,4-5H2,(H,17,18)(H,14,15,16). The van der Waals surface area contributed by atoms with Crippen LogP contribution in [0.1, 0.15) is 10.4 Å². The summed E-state index contributed by atoms with van der Waals surface area (Å²) in [6.45, 7) is 0. The maximum Gasteiger partial charge on any atom is 0.308 e. The van der Waals surface area contributed by atoms with Crippen molar-refractivity contribution in [1.82, 2.24) is 9.97 Å². The average molecular weight is 277 g/mol. The summed E-state index contributed by atoms with van der Waals surface area (Å²) in [6.07, 6.45) is 4.84. The number of thiazole rings is 1. The quantitative estimate of drug-likeness (QED) is 0.860. The van der Waals surface area contributed by atoms with E-state index in [0.29, 0.717) is 10.0 Å². The minimum Gasteiger partial charge on any atom is -0.481 e. The second kappa shape index (κ2) is 6.05. The highest BCUT2D eigenvalue weighted by atomic mass is 32.1. The molecule has 2 N–H and O–H groups in total. The topological polar surface area (TPSA) is 92.2 Å². The van der Waals surface area contributed by atoms with Crippen LogP contribution in [-0.4, -0.2) is 27.0 Å². The SMILES string of the molecule is O=C(O)Cc1cnc(NC(=O)Cc2cccnc2)s1. The Bertz CT molecular complexity index is 583. The van der Waals surface area contributed by atoms with Crippen molar-refractivity contribution < 1.29 is 14.7 Å². The second-order valence-electron chi connectivity index (χ2n) is 3.79. The van der Waals surface area contributed by atoms with Crippen molar-refractivity contribution in [3.05, 3.63) is 41.2 Å². The zero-order valence-corrected chi connectivity index (χ0v) is 10.7. The molecule has 1 amide bonds. The highest BCUT2D eigenvalue weighted by molar-refractivity contribution is 7.15. The van der Waals surface area contributed by atoms with Crippen molar-refractivity contribution in [2.24, 2.45) is 0 Å². The number of pyridine rings is 1. The summed E-state index contributed by atoms with van der Waals surface area (Å²) in [5.74, 6) is -1.12. The third-order valence-electron chi connectivity index (χ3n) is 2.21. The molecule has 0 saturated heterocycles. The number of nitrogens with zero attached hydrogens (tertiary/aromatic N) is 2. The summed E-state index contributed by atoms with van der Waals surface area (Å²) in [5.41, 5.74) is 0.808. The molecule has 2 rings (SSSR count). The molecule has 0 aliphatic heterocycles. The number of carbonyl (C=O) groups excluding carboxylic acids is 1. The van der Waals surface area contributed by atoms with E-state index in [9.17, 15) is 9.59 Å². The first kappa shape index (κ1) is 13.2. The van der Waals surface area contributed by atoms with Gasteiger partial charge < -0.3 is 10.4 Å². The van der Waals surface area contributed by atoms with Crippen LogP contribution in [0, 0.1) is 0 Å². The van der Waals surface area contributed by atoms with Crippen molar-refractivity contribution in [1.29, 1.82) is 0 Å². The Kier molecular flexibility index (Phi) is 4.19. The molecule has 0 fully saturated rings. The number of carboxylic acid groups (broad SMARTS) is 1. The Labute approximate surface area is 113 Å². The first-order valence-corrected chi connectivity index (χ1v) is 6.30. The van der Waals surface area contributed by atoms with Crippen LogP contribution < -0.4 is 5.32 Å². The van der Waals surface area contributed by atoms with Gasteiger partial charge in [-0.15, -0.1) is 11.3 Å². The van der Waals surface area contributed by atoms with Gasteiger partial charge in [0.25, 0.3) is 0 Å². The first-order chi connectivity index (χ1) is 9.13. The number of anilines is 1. The van der Waals surface area contributed by atoms with E-state index in [1.165, 1.54) is 6.20 Å². The van der Waals surface area contributed by atoms with E-state index in [2.05, 4.69) is 15.3 Å². The third-order valence-corrected chi connectivity index (χ3v) is 3.13. The summed E-state index contributed by atoms with van der Waals surface area (Å²) in [6, 6.07) is 3.57. The Balaban J connectivity index is 1.92. The maximum atomic E-state index is 11.7. The Morgan fingerprint density at radius 3 is 2.84 bits per heavy atom. The van der Waals surface area contributed by atoms with Gasteiger partial charge in [0.05, 0.1) is 12.8 Å². The fourth-order valence-corrected chi connectivity index (χ4v) is 2.27. The monoisotopic (exact) mass is 277 g/mol. The number of hydrogen-bond donors (Lipinski definition) is 2. The lowest BCUT2D eigenvalue weighted by Gasteiger charge is -2.00. The molecule has 98 valence electrons. The van der Waals surface area contributed by atoms with Gasteiger partial charge in [-0.1, -0.05) is 6.07 Å². The smallest absolute Gasteiger partial charge is 0.308 e. The van der Waals surface area contributed by atoms with Gasteiger partial charge in [-0.2, -0.15) is 0 Å². The van der Waals surface area contributed by atoms with Crippen molar-refractivity contribution in [2.75, 3.05) is 5.32 Å². The van der Waals surface area contributed by atoms with Gasteiger partial charge in [0, 0.05) is 23.5 Å². The lowest BCUT2D eigenvalue weighted by atomic mass is 10.2. The number of hydrogen-bond acceptors (Lipinski definition) is 5. The van der Waals surface area contributed by atoms with E-state index in [4.69, 9.17) is 5.11 Å². The van der Waals surface area contributed by atoms with Crippen molar-refractivity contribution in [2.45, 2.75) is 12.8 Å². The van der Waals surface area contributed by atoms with Crippen molar-refractivity contribution in [3.8, 4) is 0 Å².